The minimum absolute atomic E-state index is 0.0470. The van der Waals surface area contributed by atoms with Crippen LogP contribution in [0.5, 0.6) is 0 Å². The molecule has 1 aliphatic rings. The molecule has 4 aromatic rings. The summed E-state index contributed by atoms with van der Waals surface area (Å²) in [4.78, 5) is 21.8. The Balaban J connectivity index is 1.63. The number of nitrogens with two attached hydrogens (primary N) is 1. The van der Waals surface area contributed by atoms with Crippen molar-refractivity contribution in [1.82, 2.24) is 24.7 Å². The van der Waals surface area contributed by atoms with Gasteiger partial charge in [0.1, 0.15) is 23.5 Å². The summed E-state index contributed by atoms with van der Waals surface area (Å²) in [6, 6.07) is 9.86. The van der Waals surface area contributed by atoms with Crippen molar-refractivity contribution in [2.24, 2.45) is 0 Å². The number of fused-ring (bicyclic) bond motifs is 1. The molecule has 5 rings (SSSR count). The Hall–Kier alpha value is -3.75. The Morgan fingerprint density at radius 2 is 2.06 bits per heavy atom. The van der Waals surface area contributed by atoms with E-state index in [0.29, 0.717) is 17.3 Å². The third-order valence-corrected chi connectivity index (χ3v) is 5.60. The van der Waals surface area contributed by atoms with Gasteiger partial charge in [0.2, 0.25) is 5.89 Å². The minimum Gasteiger partial charge on any atom is -0.421 e. The molecule has 0 amide bonds. The fourth-order valence-corrected chi connectivity index (χ4v) is 3.94. The quantitative estimate of drug-likeness (QED) is 0.487. The number of hydrogen-bond donors (Lipinski definition) is 2. The van der Waals surface area contributed by atoms with E-state index in [-0.39, 0.29) is 29.4 Å². The number of nitrogens with one attached hydrogen (secondary N) is 1. The molecule has 0 saturated heterocycles. The van der Waals surface area contributed by atoms with Crippen molar-refractivity contribution in [3.05, 3.63) is 58.6 Å². The second-order valence-electron chi connectivity index (χ2n) is 7.78. The van der Waals surface area contributed by atoms with Gasteiger partial charge in [-0.15, -0.1) is 10.2 Å². The smallest absolute Gasteiger partial charge is 0.258 e. The van der Waals surface area contributed by atoms with Crippen molar-refractivity contribution in [2.45, 2.75) is 45.2 Å². The molecule has 9 nitrogen and oxygen atoms in total. The number of aryl methyl sites for hydroxylation is 1. The molecule has 158 valence electrons. The zero-order valence-electron chi connectivity index (χ0n) is 17.4. The highest BCUT2D eigenvalue weighted by atomic mass is 16.4. The lowest BCUT2D eigenvalue weighted by Crippen LogP contribution is -2.27. The van der Waals surface area contributed by atoms with Crippen LogP contribution in [0.2, 0.25) is 0 Å². The van der Waals surface area contributed by atoms with Gasteiger partial charge in [-0.1, -0.05) is 25.1 Å². The maximum atomic E-state index is 13.3. The summed E-state index contributed by atoms with van der Waals surface area (Å²) in [5.74, 6) is 1.42. The Morgan fingerprint density at radius 1 is 1.26 bits per heavy atom. The second kappa shape index (κ2) is 7.50. The van der Waals surface area contributed by atoms with Gasteiger partial charge in [0.05, 0.1) is 6.04 Å². The summed E-state index contributed by atoms with van der Waals surface area (Å²) < 4.78 is 7.52. The fourth-order valence-electron chi connectivity index (χ4n) is 3.94. The van der Waals surface area contributed by atoms with E-state index in [1.54, 1.807) is 6.92 Å². The maximum absolute atomic E-state index is 13.3. The van der Waals surface area contributed by atoms with Gasteiger partial charge in [-0.05, 0) is 36.8 Å². The average molecular weight is 417 g/mol. The normalized spacial score (nSPS) is 14.6. The number of aromatic nitrogens is 5. The van der Waals surface area contributed by atoms with Crippen LogP contribution in [-0.2, 0) is 0 Å². The molecule has 1 saturated carbocycles. The van der Waals surface area contributed by atoms with Crippen molar-refractivity contribution in [1.29, 1.82) is 0 Å². The predicted molar refractivity (Wildman–Crippen MR) is 118 cm³/mol. The monoisotopic (exact) mass is 417 g/mol. The first-order valence-electron chi connectivity index (χ1n) is 10.4. The Kier molecular flexibility index (Phi) is 4.65. The van der Waals surface area contributed by atoms with Crippen molar-refractivity contribution < 1.29 is 4.42 Å². The molecule has 1 atom stereocenters. The highest BCUT2D eigenvalue weighted by molar-refractivity contribution is 5.82. The Bertz CT molecular complexity index is 1320. The van der Waals surface area contributed by atoms with Gasteiger partial charge in [-0.25, -0.2) is 9.97 Å². The summed E-state index contributed by atoms with van der Waals surface area (Å²) >= 11 is 0. The standard InChI is InChI=1S/C22H23N7O2/c1-3-16(26-20-18(19(23)24-11-25-20)21-28-27-12(2)31-21)17-10-13-6-4-5-7-15(13)22(30)29(17)14-8-9-14/h4-7,10-11,14,16H,3,8-9H2,1-2H3,(H3,23,24,25,26)/t16-/m0/s1. The summed E-state index contributed by atoms with van der Waals surface area (Å²) in [6.45, 7) is 3.78. The highest BCUT2D eigenvalue weighted by Gasteiger charge is 2.30. The molecule has 1 aliphatic carbocycles. The number of anilines is 2. The summed E-state index contributed by atoms with van der Waals surface area (Å²) in [5, 5.41) is 13.1. The van der Waals surface area contributed by atoms with Gasteiger partial charge in [-0.2, -0.15) is 0 Å². The first-order valence-corrected chi connectivity index (χ1v) is 10.4. The Morgan fingerprint density at radius 3 is 2.77 bits per heavy atom. The van der Waals surface area contributed by atoms with E-state index in [2.05, 4.69) is 38.5 Å². The molecular weight excluding hydrogens is 394 g/mol. The molecule has 3 aromatic heterocycles. The average Bonchev–Trinajstić information content (AvgIpc) is 3.52. The number of benzene rings is 1. The predicted octanol–water partition coefficient (Wildman–Crippen LogP) is 3.63. The molecule has 3 N–H and O–H groups in total. The maximum Gasteiger partial charge on any atom is 0.258 e. The summed E-state index contributed by atoms with van der Waals surface area (Å²) in [6.07, 6.45) is 4.14. The molecule has 3 heterocycles. The SMILES string of the molecule is CC[C@H](Nc1ncnc(N)c1-c1nnc(C)o1)c1cc2ccccc2c(=O)n1C1CC1. The van der Waals surface area contributed by atoms with E-state index in [9.17, 15) is 4.79 Å². The lowest BCUT2D eigenvalue weighted by Gasteiger charge is -2.24. The number of pyridine rings is 1. The lowest BCUT2D eigenvalue weighted by molar-refractivity contribution is 0.532. The fraction of sp³-hybridized carbons (Fsp3) is 0.318. The van der Waals surface area contributed by atoms with Gasteiger partial charge in [-0.3, -0.25) is 4.79 Å². The van der Waals surface area contributed by atoms with Crippen molar-refractivity contribution in [2.75, 3.05) is 11.1 Å². The topological polar surface area (TPSA) is 125 Å². The third kappa shape index (κ3) is 3.41. The molecule has 9 heteroatoms. The molecular formula is C22H23N7O2. The highest BCUT2D eigenvalue weighted by Crippen LogP contribution is 2.38. The van der Waals surface area contributed by atoms with Crippen molar-refractivity contribution in [3.63, 3.8) is 0 Å². The summed E-state index contributed by atoms with van der Waals surface area (Å²) in [5.41, 5.74) is 7.57. The molecule has 0 aliphatic heterocycles. The molecule has 0 bridgehead atoms. The van der Waals surface area contributed by atoms with E-state index in [1.165, 1.54) is 6.33 Å². The van der Waals surface area contributed by atoms with Crippen LogP contribution in [-0.4, -0.2) is 24.7 Å². The summed E-state index contributed by atoms with van der Waals surface area (Å²) in [7, 11) is 0. The van der Waals surface area contributed by atoms with Crippen molar-refractivity contribution >= 4 is 22.4 Å². The molecule has 1 fully saturated rings. The van der Waals surface area contributed by atoms with E-state index >= 15 is 0 Å². The van der Waals surface area contributed by atoms with Crippen LogP contribution >= 0.6 is 0 Å². The molecule has 1 aromatic carbocycles. The number of nitrogens with zero attached hydrogens (tertiary/aromatic N) is 5. The zero-order valence-corrected chi connectivity index (χ0v) is 17.4. The van der Waals surface area contributed by atoms with Gasteiger partial charge in [0, 0.05) is 24.0 Å². The number of hydrogen-bond acceptors (Lipinski definition) is 8. The molecule has 0 unspecified atom stereocenters. The van der Waals surface area contributed by atoms with Gasteiger partial charge in [0.25, 0.3) is 11.4 Å². The lowest BCUT2D eigenvalue weighted by atomic mass is 10.0. The zero-order chi connectivity index (χ0) is 21.5. The van der Waals surface area contributed by atoms with Crippen LogP contribution in [0, 0.1) is 6.92 Å². The molecule has 31 heavy (non-hydrogen) atoms. The van der Waals surface area contributed by atoms with Gasteiger partial charge in [0.15, 0.2) is 0 Å². The number of rotatable bonds is 6. The Labute approximate surface area is 178 Å². The minimum atomic E-state index is -0.171. The van der Waals surface area contributed by atoms with Crippen molar-refractivity contribution in [3.8, 4) is 11.5 Å². The van der Waals surface area contributed by atoms with Crippen LogP contribution in [0.1, 0.15) is 49.9 Å². The number of nitrogen functional groups attached to an aromatic ring is 1. The van der Waals surface area contributed by atoms with Crippen LogP contribution in [0.15, 0.2) is 45.9 Å². The molecule has 0 radical (unpaired) electrons. The van der Waals surface area contributed by atoms with Gasteiger partial charge < -0.3 is 20.0 Å². The first kappa shape index (κ1) is 19.2. The molecule has 0 spiro atoms. The van der Waals surface area contributed by atoms with Crippen LogP contribution in [0.4, 0.5) is 11.6 Å². The second-order valence-corrected chi connectivity index (χ2v) is 7.78. The van der Waals surface area contributed by atoms with E-state index in [0.717, 1.165) is 35.7 Å². The first-order chi connectivity index (χ1) is 15.1. The van der Waals surface area contributed by atoms with E-state index < -0.39 is 0 Å². The largest absolute Gasteiger partial charge is 0.421 e. The van der Waals surface area contributed by atoms with Gasteiger partial charge >= 0.3 is 0 Å². The van der Waals surface area contributed by atoms with E-state index in [1.807, 2.05) is 28.8 Å². The van der Waals surface area contributed by atoms with Crippen LogP contribution in [0.3, 0.4) is 0 Å². The van der Waals surface area contributed by atoms with Crippen LogP contribution in [0.25, 0.3) is 22.2 Å². The van der Waals surface area contributed by atoms with Crippen LogP contribution < -0.4 is 16.6 Å². The third-order valence-electron chi connectivity index (χ3n) is 5.60. The van der Waals surface area contributed by atoms with E-state index in [4.69, 9.17) is 10.2 Å².